The predicted octanol–water partition coefficient (Wildman–Crippen LogP) is 3.58. The van der Waals surface area contributed by atoms with Gasteiger partial charge in [0.2, 0.25) is 0 Å². The van der Waals surface area contributed by atoms with Gasteiger partial charge in [-0.05, 0) is 38.5 Å². The first kappa shape index (κ1) is 23.7. The van der Waals surface area contributed by atoms with E-state index in [1.807, 2.05) is 0 Å². The van der Waals surface area contributed by atoms with Crippen LogP contribution in [0.5, 0.6) is 0 Å². The summed E-state index contributed by atoms with van der Waals surface area (Å²) in [5.41, 5.74) is 1.52. The second-order valence-electron chi connectivity index (χ2n) is 7.28. The van der Waals surface area contributed by atoms with Crippen LogP contribution in [-0.2, 0) is 6.54 Å². The van der Waals surface area contributed by atoms with E-state index in [-0.39, 0.29) is 17.0 Å². The summed E-state index contributed by atoms with van der Waals surface area (Å²) in [6.45, 7) is 12.3. The van der Waals surface area contributed by atoms with Gasteiger partial charge < -0.3 is 21.5 Å². The molecule has 1 nitrogen and oxygen atoms in total. The normalized spacial score (nSPS) is 11.3. The van der Waals surface area contributed by atoms with Crippen LogP contribution >= 0.6 is 0 Å². The predicted molar refractivity (Wildman–Crippen MR) is 104 cm³/mol. The van der Waals surface area contributed by atoms with Gasteiger partial charge in [0.25, 0.3) is 0 Å². The van der Waals surface area contributed by atoms with Crippen molar-refractivity contribution in [1.82, 2.24) is 0 Å². The van der Waals surface area contributed by atoms with E-state index >= 15 is 0 Å². The molecule has 1 aromatic carbocycles. The molecule has 0 radical (unpaired) electrons. The van der Waals surface area contributed by atoms with Crippen molar-refractivity contribution >= 4 is 0 Å². The number of hydrogen-bond donors (Lipinski definition) is 0. The van der Waals surface area contributed by atoms with Crippen molar-refractivity contribution in [1.29, 1.82) is 0 Å². The molecule has 24 heavy (non-hydrogen) atoms. The molecule has 0 heterocycles. The van der Waals surface area contributed by atoms with Gasteiger partial charge in [-0.25, -0.2) is 0 Å². The first-order valence-corrected chi connectivity index (χ1v) is 10.2. The van der Waals surface area contributed by atoms with Gasteiger partial charge in [0.05, 0.1) is 19.6 Å². The quantitative estimate of drug-likeness (QED) is 0.332. The van der Waals surface area contributed by atoms with Crippen molar-refractivity contribution in [3.05, 3.63) is 35.9 Å². The van der Waals surface area contributed by atoms with E-state index in [9.17, 15) is 0 Å². The average molecular weight is 398 g/mol. The van der Waals surface area contributed by atoms with Crippen molar-refractivity contribution in [2.24, 2.45) is 0 Å². The fourth-order valence-electron chi connectivity index (χ4n) is 3.63. The van der Waals surface area contributed by atoms with Crippen molar-refractivity contribution in [3.63, 3.8) is 0 Å². The van der Waals surface area contributed by atoms with Gasteiger partial charge in [0.15, 0.2) is 0 Å². The van der Waals surface area contributed by atoms with Crippen molar-refractivity contribution in [2.45, 2.75) is 85.1 Å². The van der Waals surface area contributed by atoms with Gasteiger partial charge >= 0.3 is 0 Å². The molecule has 0 aliphatic heterocycles. The van der Waals surface area contributed by atoms with Crippen LogP contribution in [0, 0.1) is 0 Å². The minimum Gasteiger partial charge on any atom is -1.00 e. The van der Waals surface area contributed by atoms with E-state index in [0.717, 1.165) is 0 Å². The summed E-state index contributed by atoms with van der Waals surface area (Å²) in [6, 6.07) is 11.2. The molecule has 0 spiro atoms. The lowest BCUT2D eigenvalue weighted by Crippen LogP contribution is -3.00. The van der Waals surface area contributed by atoms with Crippen LogP contribution in [0.25, 0.3) is 0 Å². The zero-order valence-corrected chi connectivity index (χ0v) is 18.0. The number of hydrogen-bond acceptors (Lipinski definition) is 0. The summed E-state index contributed by atoms with van der Waals surface area (Å²) in [5.74, 6) is 0. The van der Waals surface area contributed by atoms with Gasteiger partial charge in [-0.3, -0.25) is 0 Å². The Labute approximate surface area is 162 Å². The lowest BCUT2D eigenvalue weighted by Gasteiger charge is -2.39. The molecule has 2 heteroatoms. The number of rotatable bonds is 14. The minimum atomic E-state index is 0. The Morgan fingerprint density at radius 3 is 1.42 bits per heavy atom. The van der Waals surface area contributed by atoms with E-state index in [4.69, 9.17) is 0 Å². The molecule has 0 aliphatic rings. The fourth-order valence-corrected chi connectivity index (χ4v) is 3.63. The highest BCUT2D eigenvalue weighted by molar-refractivity contribution is 5.13. The lowest BCUT2D eigenvalue weighted by atomic mass is 10.1. The van der Waals surface area contributed by atoms with Crippen LogP contribution in [0.2, 0.25) is 0 Å². The molecule has 0 fully saturated rings. The Kier molecular flexibility index (Phi) is 14.7. The van der Waals surface area contributed by atoms with Crippen LogP contribution in [0.4, 0.5) is 0 Å². The number of unbranched alkanes of at least 4 members (excludes halogenated alkanes) is 6. The smallest absolute Gasteiger partial charge is 0.104 e. The first-order chi connectivity index (χ1) is 11.3. The van der Waals surface area contributed by atoms with Gasteiger partial charge in [-0.15, -0.1) is 0 Å². The maximum absolute atomic E-state index is 2.33. The highest BCUT2D eigenvalue weighted by Gasteiger charge is 2.26. The molecular weight excluding hydrogens is 358 g/mol. The van der Waals surface area contributed by atoms with Crippen LogP contribution in [-0.4, -0.2) is 24.1 Å². The molecule has 0 unspecified atom stereocenters. The topological polar surface area (TPSA) is 0 Å². The molecular formula is C22H40BrN. The molecule has 140 valence electrons. The Bertz CT molecular complexity index is 350. The largest absolute Gasteiger partial charge is 1.00 e. The Hall–Kier alpha value is -0.340. The minimum absolute atomic E-state index is 0. The number of halogens is 1. The second kappa shape index (κ2) is 15.0. The SMILES string of the molecule is CCCCC[N+](CCCCC)(CCCCC)Cc1ccccc1.[Br-]. The maximum Gasteiger partial charge on any atom is 0.104 e. The summed E-state index contributed by atoms with van der Waals surface area (Å²) in [5, 5.41) is 0. The summed E-state index contributed by atoms with van der Waals surface area (Å²) >= 11 is 0. The van der Waals surface area contributed by atoms with Gasteiger partial charge in [0.1, 0.15) is 6.54 Å². The lowest BCUT2D eigenvalue weighted by molar-refractivity contribution is -0.941. The molecule has 0 atom stereocenters. The molecule has 0 aromatic heterocycles. The average Bonchev–Trinajstić information content (AvgIpc) is 2.56. The van der Waals surface area contributed by atoms with Crippen LogP contribution in [0.3, 0.4) is 0 Å². The van der Waals surface area contributed by atoms with Crippen molar-refractivity contribution < 1.29 is 21.5 Å². The third-order valence-corrected chi connectivity index (χ3v) is 5.07. The van der Waals surface area contributed by atoms with Crippen LogP contribution in [0.15, 0.2) is 30.3 Å². The first-order valence-electron chi connectivity index (χ1n) is 10.2. The monoisotopic (exact) mass is 397 g/mol. The highest BCUT2D eigenvalue weighted by Crippen LogP contribution is 2.21. The molecule has 0 bridgehead atoms. The van der Waals surface area contributed by atoms with E-state index in [2.05, 4.69) is 51.1 Å². The number of benzene rings is 1. The van der Waals surface area contributed by atoms with Crippen molar-refractivity contribution in [3.8, 4) is 0 Å². The van der Waals surface area contributed by atoms with E-state index in [1.54, 1.807) is 0 Å². The fraction of sp³-hybridized carbons (Fsp3) is 0.727. The van der Waals surface area contributed by atoms with Crippen LogP contribution < -0.4 is 17.0 Å². The van der Waals surface area contributed by atoms with E-state index in [0.29, 0.717) is 0 Å². The summed E-state index contributed by atoms with van der Waals surface area (Å²) in [6.07, 6.45) is 12.3. The zero-order valence-electron chi connectivity index (χ0n) is 16.4. The molecule has 0 aliphatic carbocycles. The van der Waals surface area contributed by atoms with Crippen molar-refractivity contribution in [2.75, 3.05) is 19.6 Å². The van der Waals surface area contributed by atoms with Gasteiger partial charge in [0, 0.05) is 5.56 Å². The highest BCUT2D eigenvalue weighted by atomic mass is 79.9. The van der Waals surface area contributed by atoms with Gasteiger partial charge in [-0.1, -0.05) is 70.4 Å². The summed E-state index contributed by atoms with van der Waals surface area (Å²) in [7, 11) is 0. The zero-order chi connectivity index (χ0) is 16.8. The molecule has 0 amide bonds. The van der Waals surface area contributed by atoms with E-state index < -0.39 is 0 Å². The molecule has 1 rings (SSSR count). The Balaban J connectivity index is 0.00000529. The number of quaternary nitrogens is 1. The maximum atomic E-state index is 2.33. The summed E-state index contributed by atoms with van der Waals surface area (Å²) < 4.78 is 1.32. The third kappa shape index (κ3) is 9.84. The Morgan fingerprint density at radius 1 is 0.625 bits per heavy atom. The second-order valence-corrected chi connectivity index (χ2v) is 7.28. The molecule has 0 N–H and O–H groups in total. The summed E-state index contributed by atoms with van der Waals surface area (Å²) in [4.78, 5) is 0. The standard InChI is InChI=1S/C22H40N.BrH/c1-4-7-13-18-23(19-14-8-5-2,20-15-9-6-3)21-22-16-11-10-12-17-22;/h10-12,16-17H,4-9,13-15,18-21H2,1-3H3;1H/q+1;/p-1. The number of nitrogens with zero attached hydrogens (tertiary/aromatic N) is 1. The van der Waals surface area contributed by atoms with E-state index in [1.165, 1.54) is 94.0 Å². The van der Waals surface area contributed by atoms with Gasteiger partial charge in [-0.2, -0.15) is 0 Å². The Morgan fingerprint density at radius 2 is 1.04 bits per heavy atom. The molecule has 0 saturated heterocycles. The molecule has 0 saturated carbocycles. The third-order valence-electron chi connectivity index (χ3n) is 5.07. The van der Waals surface area contributed by atoms with Crippen LogP contribution in [0.1, 0.15) is 84.1 Å². The molecule has 1 aromatic rings.